The molecule has 0 saturated carbocycles. The number of aliphatic hydroxyl groups is 1. The minimum absolute atomic E-state index is 0.159. The van der Waals surface area contributed by atoms with Gasteiger partial charge in [-0.05, 0) is 36.8 Å². The largest absolute Gasteiger partial charge is 0.497 e. The summed E-state index contributed by atoms with van der Waals surface area (Å²) in [6.07, 6.45) is 6.91. The fourth-order valence-corrected chi connectivity index (χ4v) is 3.74. The maximum absolute atomic E-state index is 10.4. The van der Waals surface area contributed by atoms with Crippen molar-refractivity contribution in [1.29, 1.82) is 0 Å². The highest BCUT2D eigenvalue weighted by Gasteiger charge is 2.13. The van der Waals surface area contributed by atoms with Gasteiger partial charge in [0.2, 0.25) is 0 Å². The van der Waals surface area contributed by atoms with Crippen LogP contribution in [-0.4, -0.2) is 47.3 Å². The van der Waals surface area contributed by atoms with E-state index in [0.717, 1.165) is 22.2 Å². The van der Waals surface area contributed by atoms with Gasteiger partial charge in [0.15, 0.2) is 16.7 Å². The molecule has 0 fully saturated rings. The van der Waals surface area contributed by atoms with Crippen LogP contribution in [0.5, 0.6) is 17.2 Å². The molecule has 1 aromatic heterocycles. The predicted molar refractivity (Wildman–Crippen MR) is 120 cm³/mol. The van der Waals surface area contributed by atoms with Gasteiger partial charge in [0.1, 0.15) is 12.4 Å². The lowest BCUT2D eigenvalue weighted by Crippen LogP contribution is -2.20. The van der Waals surface area contributed by atoms with E-state index in [2.05, 4.69) is 4.98 Å². The normalized spacial score (nSPS) is 12.1. The Hall–Kier alpha value is -2.90. The zero-order chi connectivity index (χ0) is 21.3. The van der Waals surface area contributed by atoms with Crippen molar-refractivity contribution in [3.8, 4) is 22.9 Å². The second-order valence-electron chi connectivity index (χ2n) is 6.47. The summed E-state index contributed by atoms with van der Waals surface area (Å²) < 4.78 is 18.4. The van der Waals surface area contributed by atoms with E-state index in [1.54, 1.807) is 20.4 Å². The van der Waals surface area contributed by atoms with Gasteiger partial charge >= 0.3 is 0 Å². The van der Waals surface area contributed by atoms with Gasteiger partial charge in [-0.25, -0.2) is 4.98 Å². The van der Waals surface area contributed by atoms with Crippen molar-refractivity contribution >= 4 is 17.8 Å². The van der Waals surface area contributed by atoms with Crippen molar-refractivity contribution in [2.45, 2.75) is 18.2 Å². The lowest BCUT2D eigenvalue weighted by molar-refractivity contribution is 0.124. The summed E-state index contributed by atoms with van der Waals surface area (Å²) in [6.45, 7) is 2.12. The molecule has 158 valence electrons. The third kappa shape index (κ3) is 5.58. The highest BCUT2D eigenvalue weighted by Crippen LogP contribution is 2.29. The number of rotatable bonds is 10. The number of allylic oxidation sites excluding steroid dienone is 1. The smallest absolute Gasteiger partial charge is 0.172 e. The van der Waals surface area contributed by atoms with Crippen LogP contribution in [-0.2, 0) is 0 Å². The average Bonchev–Trinajstić information content (AvgIpc) is 3.25. The summed E-state index contributed by atoms with van der Waals surface area (Å²) in [7, 11) is 3.24. The van der Waals surface area contributed by atoms with E-state index in [1.165, 1.54) is 11.8 Å². The first-order valence-corrected chi connectivity index (χ1v) is 10.5. The standard InChI is InChI=1S/C23H26N2O4S/c1-4-6-17-9-10-21(22(13-17)28-3)29-15-19(26)16-30-23-24-11-12-25(23)18-7-5-8-20(14-18)27-2/h4-14,19,26H,15-16H2,1-3H3/b6-4+. The van der Waals surface area contributed by atoms with E-state index in [9.17, 15) is 5.11 Å². The molecule has 1 heterocycles. The van der Waals surface area contributed by atoms with Crippen LogP contribution in [0.1, 0.15) is 12.5 Å². The summed E-state index contributed by atoms with van der Waals surface area (Å²) in [5.41, 5.74) is 1.98. The van der Waals surface area contributed by atoms with Gasteiger partial charge in [0.05, 0.1) is 26.0 Å². The SMILES string of the molecule is C/C=C/c1ccc(OCC(O)CSc2nccn2-c2cccc(OC)c2)c(OC)c1. The summed E-state index contributed by atoms with van der Waals surface area (Å²) in [5, 5.41) is 11.2. The summed E-state index contributed by atoms with van der Waals surface area (Å²) >= 11 is 1.46. The molecule has 2 aromatic carbocycles. The number of methoxy groups -OCH3 is 2. The van der Waals surface area contributed by atoms with Crippen LogP contribution in [0.25, 0.3) is 11.8 Å². The molecule has 1 atom stereocenters. The maximum atomic E-state index is 10.4. The molecule has 0 bridgehead atoms. The van der Waals surface area contributed by atoms with Crippen LogP contribution < -0.4 is 14.2 Å². The Balaban J connectivity index is 1.58. The fourth-order valence-electron chi connectivity index (χ4n) is 2.86. The second-order valence-corrected chi connectivity index (χ2v) is 7.45. The van der Waals surface area contributed by atoms with Crippen molar-refractivity contribution in [1.82, 2.24) is 9.55 Å². The quantitative estimate of drug-likeness (QED) is 0.483. The highest BCUT2D eigenvalue weighted by atomic mass is 32.2. The Kier molecular flexibility index (Phi) is 7.82. The molecule has 0 saturated heterocycles. The molecule has 0 radical (unpaired) electrons. The predicted octanol–water partition coefficient (Wildman–Crippen LogP) is 4.45. The first kappa shape index (κ1) is 21.8. The van der Waals surface area contributed by atoms with Crippen LogP contribution >= 0.6 is 11.8 Å². The van der Waals surface area contributed by atoms with Crippen LogP contribution in [0.4, 0.5) is 0 Å². The Morgan fingerprint density at radius 1 is 1.13 bits per heavy atom. The number of benzene rings is 2. The van der Waals surface area contributed by atoms with Crippen molar-refractivity contribution in [2.24, 2.45) is 0 Å². The molecule has 1 unspecified atom stereocenters. The number of imidazole rings is 1. The molecule has 1 N–H and O–H groups in total. The molecule has 0 aliphatic carbocycles. The minimum Gasteiger partial charge on any atom is -0.497 e. The first-order valence-electron chi connectivity index (χ1n) is 9.56. The van der Waals surface area contributed by atoms with Gasteiger partial charge in [0.25, 0.3) is 0 Å². The van der Waals surface area contributed by atoms with E-state index in [4.69, 9.17) is 14.2 Å². The van der Waals surface area contributed by atoms with Crippen LogP contribution in [0.15, 0.2) is 66.1 Å². The summed E-state index contributed by atoms with van der Waals surface area (Å²) in [6, 6.07) is 13.5. The third-order valence-electron chi connectivity index (χ3n) is 4.32. The Labute approximate surface area is 181 Å². The topological polar surface area (TPSA) is 65.7 Å². The molecule has 6 nitrogen and oxygen atoms in total. The number of hydrogen-bond donors (Lipinski definition) is 1. The van der Waals surface area contributed by atoms with E-state index in [1.807, 2.05) is 72.3 Å². The number of nitrogens with zero attached hydrogens (tertiary/aromatic N) is 2. The van der Waals surface area contributed by atoms with E-state index < -0.39 is 6.10 Å². The molecule has 3 rings (SSSR count). The minimum atomic E-state index is -0.662. The van der Waals surface area contributed by atoms with Crippen molar-refractivity contribution < 1.29 is 19.3 Å². The van der Waals surface area contributed by atoms with Gasteiger partial charge in [-0.3, -0.25) is 4.57 Å². The number of aliphatic hydroxyl groups excluding tert-OH is 1. The second kappa shape index (κ2) is 10.8. The number of thioether (sulfide) groups is 1. The summed E-state index contributed by atoms with van der Waals surface area (Å²) in [5.74, 6) is 2.46. The highest BCUT2D eigenvalue weighted by molar-refractivity contribution is 7.99. The average molecular weight is 427 g/mol. The molecule has 0 amide bonds. The molecule has 0 aliphatic heterocycles. The van der Waals surface area contributed by atoms with E-state index in [0.29, 0.717) is 17.3 Å². The summed E-state index contributed by atoms with van der Waals surface area (Å²) in [4.78, 5) is 4.40. The van der Waals surface area contributed by atoms with Crippen molar-refractivity contribution in [3.05, 3.63) is 66.5 Å². The van der Waals surface area contributed by atoms with Gasteiger partial charge in [-0.1, -0.05) is 36.0 Å². The van der Waals surface area contributed by atoms with Crippen molar-refractivity contribution in [3.63, 3.8) is 0 Å². The van der Waals surface area contributed by atoms with Gasteiger partial charge in [0, 0.05) is 24.2 Å². The first-order chi connectivity index (χ1) is 14.6. The van der Waals surface area contributed by atoms with Gasteiger partial charge < -0.3 is 19.3 Å². The van der Waals surface area contributed by atoms with Crippen LogP contribution in [0.3, 0.4) is 0 Å². The van der Waals surface area contributed by atoms with E-state index >= 15 is 0 Å². The van der Waals surface area contributed by atoms with Gasteiger partial charge in [-0.2, -0.15) is 0 Å². The van der Waals surface area contributed by atoms with Gasteiger partial charge in [-0.15, -0.1) is 0 Å². The molecule has 30 heavy (non-hydrogen) atoms. The van der Waals surface area contributed by atoms with Crippen LogP contribution in [0, 0.1) is 0 Å². The number of ether oxygens (including phenoxy) is 3. The Morgan fingerprint density at radius 3 is 2.77 bits per heavy atom. The zero-order valence-corrected chi connectivity index (χ0v) is 18.1. The Bertz CT molecular complexity index is 987. The monoisotopic (exact) mass is 426 g/mol. The fraction of sp³-hybridized carbons (Fsp3) is 0.261. The molecular formula is C23H26N2O4S. The number of aromatic nitrogens is 2. The maximum Gasteiger partial charge on any atom is 0.172 e. The van der Waals surface area contributed by atoms with E-state index in [-0.39, 0.29) is 6.61 Å². The van der Waals surface area contributed by atoms with Crippen molar-refractivity contribution in [2.75, 3.05) is 26.6 Å². The number of hydrogen-bond acceptors (Lipinski definition) is 6. The molecule has 3 aromatic rings. The third-order valence-corrected chi connectivity index (χ3v) is 5.43. The van der Waals surface area contributed by atoms with Crippen LogP contribution in [0.2, 0.25) is 0 Å². The lowest BCUT2D eigenvalue weighted by Gasteiger charge is -2.15. The Morgan fingerprint density at radius 2 is 2.00 bits per heavy atom. The molecule has 0 aliphatic rings. The lowest BCUT2D eigenvalue weighted by atomic mass is 10.2. The molecule has 7 heteroatoms. The molecule has 0 spiro atoms. The molecular weight excluding hydrogens is 400 g/mol. The zero-order valence-electron chi connectivity index (χ0n) is 17.3.